The highest BCUT2D eigenvalue weighted by Crippen LogP contribution is 2.36. The molecule has 1 atom stereocenters. The molecule has 5 nitrogen and oxygen atoms in total. The molecule has 1 saturated heterocycles. The first kappa shape index (κ1) is 17.3. The van der Waals surface area contributed by atoms with E-state index in [0.29, 0.717) is 6.42 Å². The third-order valence-corrected chi connectivity index (χ3v) is 4.77. The summed E-state index contributed by atoms with van der Waals surface area (Å²) in [5.74, 6) is 2.16. The molecule has 25 heavy (non-hydrogen) atoms. The molecule has 1 unspecified atom stereocenters. The number of pyridine rings is 1. The van der Waals surface area contributed by atoms with Crippen LogP contribution in [-0.4, -0.2) is 43.1 Å². The highest BCUT2D eigenvalue weighted by atomic mass is 16.5. The Hall–Kier alpha value is -2.56. The Morgan fingerprint density at radius 3 is 2.88 bits per heavy atom. The monoisotopic (exact) mass is 340 g/mol. The van der Waals surface area contributed by atoms with Crippen molar-refractivity contribution < 1.29 is 14.3 Å². The largest absolute Gasteiger partial charge is 0.497 e. The molecule has 0 saturated carbocycles. The lowest BCUT2D eigenvalue weighted by molar-refractivity contribution is -0.130. The van der Waals surface area contributed by atoms with E-state index in [1.54, 1.807) is 20.4 Å². The molecular formula is C20H24N2O3. The third-order valence-electron chi connectivity index (χ3n) is 4.77. The van der Waals surface area contributed by atoms with Gasteiger partial charge in [-0.05, 0) is 42.7 Å². The maximum atomic E-state index is 12.5. The van der Waals surface area contributed by atoms with Gasteiger partial charge in [-0.1, -0.05) is 6.07 Å². The van der Waals surface area contributed by atoms with Crippen molar-refractivity contribution in [2.24, 2.45) is 0 Å². The van der Waals surface area contributed by atoms with Crippen molar-refractivity contribution in [1.29, 1.82) is 0 Å². The van der Waals surface area contributed by atoms with Gasteiger partial charge in [-0.15, -0.1) is 0 Å². The highest BCUT2D eigenvalue weighted by Gasteiger charge is 2.29. The summed E-state index contributed by atoms with van der Waals surface area (Å²) in [6.45, 7) is 1.52. The number of methoxy groups -OCH3 is 2. The molecule has 1 aliphatic heterocycles. The van der Waals surface area contributed by atoms with Gasteiger partial charge in [-0.2, -0.15) is 0 Å². The second kappa shape index (κ2) is 8.01. The molecule has 2 aromatic rings. The molecule has 1 aromatic carbocycles. The van der Waals surface area contributed by atoms with E-state index in [4.69, 9.17) is 9.47 Å². The zero-order valence-corrected chi connectivity index (χ0v) is 14.8. The van der Waals surface area contributed by atoms with Gasteiger partial charge in [0.05, 0.1) is 14.2 Å². The van der Waals surface area contributed by atoms with Crippen molar-refractivity contribution in [1.82, 2.24) is 9.88 Å². The number of hydrogen-bond donors (Lipinski definition) is 0. The minimum absolute atomic E-state index is 0.202. The van der Waals surface area contributed by atoms with E-state index in [1.807, 2.05) is 41.4 Å². The van der Waals surface area contributed by atoms with Crippen LogP contribution in [0.3, 0.4) is 0 Å². The topological polar surface area (TPSA) is 51.7 Å². The molecule has 2 heterocycles. The van der Waals surface area contributed by atoms with Crippen LogP contribution in [-0.2, 0) is 11.2 Å². The fourth-order valence-corrected chi connectivity index (χ4v) is 3.35. The summed E-state index contributed by atoms with van der Waals surface area (Å²) in [6, 6.07) is 9.76. The zero-order valence-electron chi connectivity index (χ0n) is 14.8. The average molecular weight is 340 g/mol. The molecule has 1 amide bonds. The molecule has 1 aliphatic rings. The number of likely N-dealkylation sites (tertiary alicyclic amines) is 1. The Balaban J connectivity index is 1.62. The lowest BCUT2D eigenvalue weighted by atomic mass is 9.97. The second-order valence-electron chi connectivity index (χ2n) is 6.29. The Labute approximate surface area is 148 Å². The quantitative estimate of drug-likeness (QED) is 0.811. The summed E-state index contributed by atoms with van der Waals surface area (Å²) < 4.78 is 10.8. The van der Waals surface area contributed by atoms with Crippen LogP contribution in [0.15, 0.2) is 42.7 Å². The first-order chi connectivity index (χ1) is 12.2. The number of rotatable bonds is 6. The Morgan fingerprint density at radius 2 is 2.16 bits per heavy atom. The molecule has 0 radical (unpaired) electrons. The highest BCUT2D eigenvalue weighted by molar-refractivity contribution is 5.77. The van der Waals surface area contributed by atoms with Crippen LogP contribution in [0.25, 0.3) is 0 Å². The number of amides is 1. The lowest BCUT2D eigenvalue weighted by Crippen LogP contribution is -2.28. The number of nitrogens with zero attached hydrogens (tertiary/aromatic N) is 2. The predicted octanol–water partition coefficient (Wildman–Crippen LogP) is 3.05. The van der Waals surface area contributed by atoms with Crippen molar-refractivity contribution in [3.8, 4) is 11.5 Å². The molecule has 0 N–H and O–H groups in total. The molecule has 0 aliphatic carbocycles. The maximum absolute atomic E-state index is 12.5. The summed E-state index contributed by atoms with van der Waals surface area (Å²) in [6.07, 6.45) is 5.77. The third kappa shape index (κ3) is 4.10. The van der Waals surface area contributed by atoms with Gasteiger partial charge in [0.2, 0.25) is 5.91 Å². The van der Waals surface area contributed by atoms with E-state index >= 15 is 0 Å². The van der Waals surface area contributed by atoms with Crippen molar-refractivity contribution in [2.75, 3.05) is 27.3 Å². The summed E-state index contributed by atoms with van der Waals surface area (Å²) in [4.78, 5) is 18.6. The molecule has 5 heteroatoms. The number of carbonyl (C=O) groups excluding carboxylic acids is 1. The first-order valence-corrected chi connectivity index (χ1v) is 8.60. The minimum atomic E-state index is 0.202. The number of benzene rings is 1. The van der Waals surface area contributed by atoms with E-state index in [2.05, 4.69) is 4.98 Å². The number of carbonyl (C=O) groups is 1. The van der Waals surface area contributed by atoms with Crippen molar-refractivity contribution >= 4 is 5.91 Å². The van der Waals surface area contributed by atoms with Crippen LogP contribution < -0.4 is 9.47 Å². The number of aryl methyl sites for hydroxylation is 1. The smallest absolute Gasteiger partial charge is 0.222 e. The SMILES string of the molecule is COc1ccc(OC)c(C2CCN(C(=O)CCc3cccnc3)C2)c1. The fraction of sp³-hybridized carbons (Fsp3) is 0.400. The average Bonchev–Trinajstić information content (AvgIpc) is 3.16. The summed E-state index contributed by atoms with van der Waals surface area (Å²) in [5, 5.41) is 0. The van der Waals surface area contributed by atoms with E-state index < -0.39 is 0 Å². The van der Waals surface area contributed by atoms with Crippen LogP contribution in [0.4, 0.5) is 0 Å². The van der Waals surface area contributed by atoms with E-state index in [9.17, 15) is 4.79 Å². The number of ether oxygens (including phenoxy) is 2. The Bertz CT molecular complexity index is 718. The predicted molar refractivity (Wildman–Crippen MR) is 96.0 cm³/mol. The van der Waals surface area contributed by atoms with Gasteiger partial charge in [0.1, 0.15) is 11.5 Å². The van der Waals surface area contributed by atoms with Crippen LogP contribution in [0.2, 0.25) is 0 Å². The number of hydrogen-bond acceptors (Lipinski definition) is 4. The molecule has 132 valence electrons. The number of aromatic nitrogens is 1. The van der Waals surface area contributed by atoms with Gasteiger partial charge in [0.15, 0.2) is 0 Å². The van der Waals surface area contributed by atoms with Crippen LogP contribution in [0, 0.1) is 0 Å². The molecular weight excluding hydrogens is 316 g/mol. The Morgan fingerprint density at radius 1 is 1.28 bits per heavy atom. The van der Waals surface area contributed by atoms with E-state index in [0.717, 1.165) is 48.6 Å². The summed E-state index contributed by atoms with van der Waals surface area (Å²) >= 11 is 0. The lowest BCUT2D eigenvalue weighted by Gasteiger charge is -2.18. The van der Waals surface area contributed by atoms with Crippen molar-refractivity contribution in [3.05, 3.63) is 53.9 Å². The zero-order chi connectivity index (χ0) is 17.6. The van der Waals surface area contributed by atoms with Gasteiger partial charge in [0.25, 0.3) is 0 Å². The van der Waals surface area contributed by atoms with E-state index in [1.165, 1.54) is 0 Å². The van der Waals surface area contributed by atoms with Gasteiger partial charge in [-0.25, -0.2) is 0 Å². The van der Waals surface area contributed by atoms with Gasteiger partial charge in [0, 0.05) is 43.4 Å². The Kier molecular flexibility index (Phi) is 5.53. The van der Waals surface area contributed by atoms with Crippen LogP contribution >= 0.6 is 0 Å². The second-order valence-corrected chi connectivity index (χ2v) is 6.29. The van der Waals surface area contributed by atoms with Gasteiger partial charge >= 0.3 is 0 Å². The maximum Gasteiger partial charge on any atom is 0.222 e. The van der Waals surface area contributed by atoms with Gasteiger partial charge in [-0.3, -0.25) is 9.78 Å². The molecule has 1 aromatic heterocycles. The molecule has 0 spiro atoms. The summed E-state index contributed by atoms with van der Waals surface area (Å²) in [5.41, 5.74) is 2.21. The van der Waals surface area contributed by atoms with E-state index in [-0.39, 0.29) is 11.8 Å². The normalized spacial score (nSPS) is 16.7. The minimum Gasteiger partial charge on any atom is -0.497 e. The van der Waals surface area contributed by atoms with Gasteiger partial charge < -0.3 is 14.4 Å². The molecule has 3 rings (SSSR count). The van der Waals surface area contributed by atoms with Crippen LogP contribution in [0.5, 0.6) is 11.5 Å². The first-order valence-electron chi connectivity index (χ1n) is 8.60. The summed E-state index contributed by atoms with van der Waals surface area (Å²) in [7, 11) is 3.34. The standard InChI is InChI=1S/C20H24N2O3/c1-24-17-6-7-19(25-2)18(12-17)16-9-11-22(14-16)20(23)8-5-15-4-3-10-21-13-15/h3-4,6-7,10,12-13,16H,5,8-9,11,14H2,1-2H3. The van der Waals surface area contributed by atoms with Crippen LogP contribution in [0.1, 0.15) is 29.9 Å². The van der Waals surface area contributed by atoms with Crippen molar-refractivity contribution in [3.63, 3.8) is 0 Å². The molecule has 0 bridgehead atoms. The molecule has 1 fully saturated rings. The van der Waals surface area contributed by atoms with Crippen molar-refractivity contribution in [2.45, 2.75) is 25.2 Å². The fourth-order valence-electron chi connectivity index (χ4n) is 3.35.